The third-order valence-corrected chi connectivity index (χ3v) is 5.72. The molecule has 0 fully saturated rings. The molecule has 0 aromatic heterocycles. The molecular formula is C18H20Cl2N2O3S. The van der Waals surface area contributed by atoms with Gasteiger partial charge < -0.3 is 5.32 Å². The number of amides is 1. The summed E-state index contributed by atoms with van der Waals surface area (Å²) in [6, 6.07) is 8.86. The average Bonchev–Trinajstić information content (AvgIpc) is 2.56. The van der Waals surface area contributed by atoms with Crippen molar-refractivity contribution < 1.29 is 13.2 Å². The summed E-state index contributed by atoms with van der Waals surface area (Å²) in [6.07, 6.45) is 0. The quantitative estimate of drug-likeness (QED) is 0.730. The van der Waals surface area contributed by atoms with Gasteiger partial charge in [0.05, 0.1) is 20.6 Å². The van der Waals surface area contributed by atoms with Crippen LogP contribution in [0.4, 0.5) is 5.69 Å². The van der Waals surface area contributed by atoms with Crippen LogP contribution in [-0.4, -0.2) is 20.9 Å². The van der Waals surface area contributed by atoms with E-state index in [-0.39, 0.29) is 21.5 Å². The molecule has 2 rings (SSSR count). The van der Waals surface area contributed by atoms with Crippen LogP contribution in [0.5, 0.6) is 0 Å². The molecular weight excluding hydrogens is 395 g/mol. The van der Waals surface area contributed by atoms with Crippen molar-refractivity contribution in [2.45, 2.75) is 25.7 Å². The number of halogens is 2. The normalized spacial score (nSPS) is 11.5. The van der Waals surface area contributed by atoms with Gasteiger partial charge >= 0.3 is 0 Å². The number of anilines is 1. The molecule has 0 aliphatic carbocycles. The molecule has 0 aliphatic heterocycles. The highest BCUT2D eigenvalue weighted by molar-refractivity contribution is 7.92. The first kappa shape index (κ1) is 20.6. The number of benzene rings is 2. The minimum atomic E-state index is -3.88. The Balaban J connectivity index is 2.30. The number of carbonyl (C=O) groups is 1. The maximum atomic E-state index is 12.6. The van der Waals surface area contributed by atoms with Crippen LogP contribution < -0.4 is 10.0 Å². The minimum absolute atomic E-state index is 0.0103. The molecule has 2 aromatic rings. The van der Waals surface area contributed by atoms with E-state index in [4.69, 9.17) is 23.2 Å². The number of nitrogens with one attached hydrogen (secondary N) is 2. The highest BCUT2D eigenvalue weighted by Crippen LogP contribution is 2.27. The first-order chi connectivity index (χ1) is 12.1. The lowest BCUT2D eigenvalue weighted by Gasteiger charge is -2.13. The Bertz CT molecular complexity index is 928. The molecule has 0 aliphatic rings. The minimum Gasteiger partial charge on any atom is -0.352 e. The molecule has 1 amide bonds. The summed E-state index contributed by atoms with van der Waals surface area (Å²) in [5, 5.41) is 3.36. The van der Waals surface area contributed by atoms with Crippen LogP contribution in [0.1, 0.15) is 29.8 Å². The van der Waals surface area contributed by atoms with Gasteiger partial charge in [-0.2, -0.15) is 0 Å². The summed E-state index contributed by atoms with van der Waals surface area (Å²) in [7, 11) is -3.88. The van der Waals surface area contributed by atoms with Crippen molar-refractivity contribution in [3.63, 3.8) is 0 Å². The van der Waals surface area contributed by atoms with E-state index in [0.29, 0.717) is 28.6 Å². The SMILES string of the molecule is Cc1ccc(S(=O)(=O)Nc2ccc(Cl)c(Cl)c2)cc1C(=O)NCC(C)C. The van der Waals surface area contributed by atoms with E-state index in [1.807, 2.05) is 13.8 Å². The van der Waals surface area contributed by atoms with Crippen molar-refractivity contribution in [2.75, 3.05) is 11.3 Å². The third kappa shape index (κ3) is 5.13. The lowest BCUT2D eigenvalue weighted by Crippen LogP contribution is -2.28. The van der Waals surface area contributed by atoms with Crippen molar-refractivity contribution in [3.8, 4) is 0 Å². The molecule has 0 saturated carbocycles. The summed E-state index contributed by atoms with van der Waals surface area (Å²) in [5.74, 6) is -0.00900. The first-order valence-electron chi connectivity index (χ1n) is 7.97. The van der Waals surface area contributed by atoms with Crippen LogP contribution in [-0.2, 0) is 10.0 Å². The third-order valence-electron chi connectivity index (χ3n) is 3.61. The summed E-state index contributed by atoms with van der Waals surface area (Å²) in [6.45, 7) is 6.23. The van der Waals surface area contributed by atoms with Crippen LogP contribution in [0.15, 0.2) is 41.3 Å². The van der Waals surface area contributed by atoms with Gasteiger partial charge in [0, 0.05) is 12.1 Å². The van der Waals surface area contributed by atoms with Gasteiger partial charge in [-0.05, 0) is 48.7 Å². The molecule has 26 heavy (non-hydrogen) atoms. The van der Waals surface area contributed by atoms with Gasteiger partial charge in [-0.15, -0.1) is 0 Å². The van der Waals surface area contributed by atoms with Crippen molar-refractivity contribution in [3.05, 3.63) is 57.6 Å². The number of rotatable bonds is 6. The number of carbonyl (C=O) groups excluding carboxylic acids is 1. The standard InChI is InChI=1S/C18H20Cl2N2O3S/c1-11(2)10-21-18(23)15-9-14(6-4-12(15)3)26(24,25)22-13-5-7-16(19)17(20)8-13/h4-9,11,22H,10H2,1-3H3,(H,21,23). The summed E-state index contributed by atoms with van der Waals surface area (Å²) in [5.41, 5.74) is 1.30. The summed E-state index contributed by atoms with van der Waals surface area (Å²) >= 11 is 11.8. The molecule has 0 unspecified atom stereocenters. The Kier molecular flexibility index (Phi) is 6.55. The van der Waals surface area contributed by atoms with Crippen LogP contribution in [0.3, 0.4) is 0 Å². The number of sulfonamides is 1. The zero-order valence-corrected chi connectivity index (χ0v) is 17.0. The second kappa shape index (κ2) is 8.29. The van der Waals surface area contributed by atoms with Gasteiger partial charge in [-0.25, -0.2) is 8.42 Å². The molecule has 0 atom stereocenters. The van der Waals surface area contributed by atoms with Crippen molar-refractivity contribution >= 4 is 44.8 Å². The van der Waals surface area contributed by atoms with E-state index in [9.17, 15) is 13.2 Å². The molecule has 8 heteroatoms. The smallest absolute Gasteiger partial charge is 0.261 e. The van der Waals surface area contributed by atoms with Gasteiger partial charge in [0.1, 0.15) is 0 Å². The van der Waals surface area contributed by atoms with Crippen molar-refractivity contribution in [1.29, 1.82) is 0 Å². The van der Waals surface area contributed by atoms with E-state index >= 15 is 0 Å². The highest BCUT2D eigenvalue weighted by Gasteiger charge is 2.18. The average molecular weight is 415 g/mol. The fourth-order valence-electron chi connectivity index (χ4n) is 2.18. The zero-order chi connectivity index (χ0) is 19.5. The molecule has 0 spiro atoms. The number of aryl methyl sites for hydroxylation is 1. The maximum Gasteiger partial charge on any atom is 0.261 e. The fourth-order valence-corrected chi connectivity index (χ4v) is 3.55. The van der Waals surface area contributed by atoms with Gasteiger partial charge in [-0.1, -0.05) is 43.1 Å². The summed E-state index contributed by atoms with van der Waals surface area (Å²) < 4.78 is 27.7. The van der Waals surface area contributed by atoms with Crippen LogP contribution in [0.2, 0.25) is 10.0 Å². The largest absolute Gasteiger partial charge is 0.352 e. The Labute approximate surface area is 163 Å². The lowest BCUT2D eigenvalue weighted by atomic mass is 10.1. The number of hydrogen-bond acceptors (Lipinski definition) is 3. The molecule has 0 heterocycles. The topological polar surface area (TPSA) is 75.3 Å². The van der Waals surface area contributed by atoms with Crippen molar-refractivity contribution in [1.82, 2.24) is 5.32 Å². The maximum absolute atomic E-state index is 12.6. The molecule has 2 aromatic carbocycles. The Morgan fingerprint density at radius 3 is 2.38 bits per heavy atom. The van der Waals surface area contributed by atoms with E-state index in [0.717, 1.165) is 0 Å². The Hall–Kier alpha value is -1.76. The lowest BCUT2D eigenvalue weighted by molar-refractivity contribution is 0.0948. The van der Waals surface area contributed by atoms with E-state index in [1.54, 1.807) is 13.0 Å². The van der Waals surface area contributed by atoms with Gasteiger partial charge in [0.15, 0.2) is 0 Å². The number of hydrogen-bond donors (Lipinski definition) is 2. The molecule has 0 saturated heterocycles. The first-order valence-corrected chi connectivity index (χ1v) is 10.2. The predicted molar refractivity (Wildman–Crippen MR) is 106 cm³/mol. The van der Waals surface area contributed by atoms with E-state index < -0.39 is 10.0 Å². The van der Waals surface area contributed by atoms with Crippen LogP contribution in [0, 0.1) is 12.8 Å². The van der Waals surface area contributed by atoms with E-state index in [1.165, 1.54) is 30.3 Å². The highest BCUT2D eigenvalue weighted by atomic mass is 35.5. The van der Waals surface area contributed by atoms with Crippen LogP contribution >= 0.6 is 23.2 Å². The van der Waals surface area contributed by atoms with E-state index in [2.05, 4.69) is 10.0 Å². The molecule has 140 valence electrons. The zero-order valence-electron chi connectivity index (χ0n) is 14.6. The molecule has 0 radical (unpaired) electrons. The fraction of sp³-hybridized carbons (Fsp3) is 0.278. The molecule has 5 nitrogen and oxygen atoms in total. The second-order valence-corrected chi connectivity index (χ2v) is 8.81. The van der Waals surface area contributed by atoms with Gasteiger partial charge in [-0.3, -0.25) is 9.52 Å². The Morgan fingerprint density at radius 2 is 1.77 bits per heavy atom. The predicted octanol–water partition coefficient (Wildman–Crippen LogP) is 4.49. The van der Waals surface area contributed by atoms with Gasteiger partial charge in [0.2, 0.25) is 0 Å². The second-order valence-electron chi connectivity index (χ2n) is 6.31. The van der Waals surface area contributed by atoms with Crippen LogP contribution in [0.25, 0.3) is 0 Å². The summed E-state index contributed by atoms with van der Waals surface area (Å²) in [4.78, 5) is 12.3. The molecule has 2 N–H and O–H groups in total. The van der Waals surface area contributed by atoms with Crippen molar-refractivity contribution in [2.24, 2.45) is 5.92 Å². The van der Waals surface area contributed by atoms with Gasteiger partial charge in [0.25, 0.3) is 15.9 Å². The monoisotopic (exact) mass is 414 g/mol. The Morgan fingerprint density at radius 1 is 1.08 bits per heavy atom. The molecule has 0 bridgehead atoms.